The Morgan fingerprint density at radius 3 is 2.28 bits per heavy atom. The van der Waals surface area contributed by atoms with Crippen molar-refractivity contribution in [2.75, 3.05) is 11.1 Å². The molecule has 0 saturated heterocycles. The number of halogens is 6. The van der Waals surface area contributed by atoms with Gasteiger partial charge in [0.15, 0.2) is 11.0 Å². The van der Waals surface area contributed by atoms with E-state index in [0.717, 1.165) is 11.8 Å². The highest BCUT2D eigenvalue weighted by molar-refractivity contribution is 7.99. The number of aromatic nitrogens is 4. The third kappa shape index (κ3) is 6.05. The first-order valence-electron chi connectivity index (χ1n) is 10.1. The number of furan rings is 1. The normalized spacial score (nSPS) is 12.1. The van der Waals surface area contributed by atoms with Gasteiger partial charge in [0.05, 0.1) is 29.7 Å². The largest absolute Gasteiger partial charge is 0.467 e. The van der Waals surface area contributed by atoms with Gasteiger partial charge in [0.2, 0.25) is 5.91 Å². The van der Waals surface area contributed by atoms with E-state index in [4.69, 9.17) is 4.42 Å². The van der Waals surface area contributed by atoms with Gasteiger partial charge < -0.3 is 9.73 Å². The summed E-state index contributed by atoms with van der Waals surface area (Å²) in [5.41, 5.74) is -3.19. The van der Waals surface area contributed by atoms with E-state index < -0.39 is 35.1 Å². The van der Waals surface area contributed by atoms with Gasteiger partial charge in [-0.1, -0.05) is 17.8 Å². The third-order valence-electron chi connectivity index (χ3n) is 4.71. The predicted octanol–water partition coefficient (Wildman–Crippen LogP) is 5.75. The van der Waals surface area contributed by atoms with Crippen LogP contribution >= 0.6 is 11.8 Å². The highest BCUT2D eigenvalue weighted by Crippen LogP contribution is 2.37. The van der Waals surface area contributed by atoms with Crippen molar-refractivity contribution in [3.8, 4) is 11.5 Å². The van der Waals surface area contributed by atoms with Gasteiger partial charge in [0.25, 0.3) is 0 Å². The van der Waals surface area contributed by atoms with Crippen LogP contribution in [0.2, 0.25) is 0 Å². The monoisotopic (exact) mass is 527 g/mol. The fraction of sp³-hybridized carbons (Fsp3) is 0.182. The van der Waals surface area contributed by atoms with E-state index in [9.17, 15) is 31.1 Å². The molecule has 4 rings (SSSR count). The molecule has 0 aliphatic rings. The Balaban J connectivity index is 1.54. The number of carbonyl (C=O) groups is 1. The van der Waals surface area contributed by atoms with Gasteiger partial charge in [-0.3, -0.25) is 14.3 Å². The maximum atomic E-state index is 13.1. The zero-order valence-electron chi connectivity index (χ0n) is 18.0. The molecule has 0 aliphatic carbocycles. The maximum Gasteiger partial charge on any atom is 0.416 e. The lowest BCUT2D eigenvalue weighted by atomic mass is 10.1. The van der Waals surface area contributed by atoms with E-state index in [2.05, 4.69) is 20.5 Å². The predicted molar refractivity (Wildman–Crippen MR) is 117 cm³/mol. The molecule has 0 fully saturated rings. The summed E-state index contributed by atoms with van der Waals surface area (Å²) in [7, 11) is 0. The molecule has 3 heterocycles. The summed E-state index contributed by atoms with van der Waals surface area (Å²) in [4.78, 5) is 16.7. The topological polar surface area (TPSA) is 85.8 Å². The van der Waals surface area contributed by atoms with Crippen LogP contribution in [-0.2, 0) is 23.7 Å². The van der Waals surface area contributed by atoms with E-state index in [-0.39, 0.29) is 23.5 Å². The summed E-state index contributed by atoms with van der Waals surface area (Å²) in [5, 5.41) is 10.5. The maximum absolute atomic E-state index is 13.1. The van der Waals surface area contributed by atoms with E-state index >= 15 is 0 Å². The Bertz CT molecular complexity index is 1310. The average Bonchev–Trinajstić information content (AvgIpc) is 3.47. The molecule has 4 aromatic rings. The summed E-state index contributed by atoms with van der Waals surface area (Å²) in [6.45, 7) is 0.193. The number of nitrogens with one attached hydrogen (secondary N) is 1. The van der Waals surface area contributed by atoms with Crippen molar-refractivity contribution in [3.63, 3.8) is 0 Å². The van der Waals surface area contributed by atoms with Crippen molar-refractivity contribution in [3.05, 3.63) is 77.9 Å². The smallest absolute Gasteiger partial charge is 0.416 e. The lowest BCUT2D eigenvalue weighted by molar-refractivity contribution is -0.143. The summed E-state index contributed by atoms with van der Waals surface area (Å²) in [6, 6.07) is 9.44. The molecule has 1 aromatic carbocycles. The first-order chi connectivity index (χ1) is 17.0. The van der Waals surface area contributed by atoms with Crippen LogP contribution in [0.3, 0.4) is 0 Å². The van der Waals surface area contributed by atoms with Gasteiger partial charge in [-0.25, -0.2) is 0 Å². The molecule has 7 nitrogen and oxygen atoms in total. The minimum Gasteiger partial charge on any atom is -0.467 e. The molecule has 36 heavy (non-hydrogen) atoms. The molecule has 0 spiro atoms. The fourth-order valence-electron chi connectivity index (χ4n) is 3.14. The quantitative estimate of drug-likeness (QED) is 0.243. The summed E-state index contributed by atoms with van der Waals surface area (Å²) >= 11 is 0.895. The van der Waals surface area contributed by atoms with Crippen LogP contribution in [0, 0.1) is 0 Å². The van der Waals surface area contributed by atoms with Gasteiger partial charge >= 0.3 is 12.4 Å². The van der Waals surface area contributed by atoms with Crippen LogP contribution in [0.15, 0.2) is 70.6 Å². The number of hydrogen-bond acceptors (Lipinski definition) is 6. The van der Waals surface area contributed by atoms with E-state index in [1.807, 2.05) is 0 Å². The van der Waals surface area contributed by atoms with Crippen LogP contribution in [0.5, 0.6) is 0 Å². The number of pyridine rings is 1. The second kappa shape index (κ2) is 10.0. The highest BCUT2D eigenvalue weighted by atomic mass is 32.2. The number of nitrogens with zero attached hydrogens (tertiary/aromatic N) is 4. The second-order valence-corrected chi connectivity index (χ2v) is 8.26. The molecule has 0 radical (unpaired) electrons. The van der Waals surface area contributed by atoms with E-state index in [1.165, 1.54) is 6.26 Å². The standard InChI is InChI=1S/C22H15F6N5O2S/c23-21(24,25)13-8-14(22(26,27)28)10-15(9-13)30-18(34)12-36-20-32-31-19(17-5-1-2-6-29-17)33(20)11-16-4-3-7-35-16/h1-10H,11-12H2,(H,30,34). The van der Waals surface area contributed by atoms with Gasteiger partial charge in [-0.15, -0.1) is 10.2 Å². The number of thioether (sulfide) groups is 1. The second-order valence-electron chi connectivity index (χ2n) is 7.32. The molecule has 188 valence electrons. The number of rotatable bonds is 7. The van der Waals surface area contributed by atoms with Crippen molar-refractivity contribution < 1.29 is 35.6 Å². The molecule has 0 bridgehead atoms. The summed E-state index contributed by atoms with van der Waals surface area (Å²) < 4.78 is 85.4. The SMILES string of the molecule is O=C(CSc1nnc(-c2ccccn2)n1Cc1ccco1)Nc1cc(C(F)(F)F)cc(C(F)(F)F)c1. The Labute approximate surface area is 203 Å². The van der Waals surface area contributed by atoms with Crippen molar-refractivity contribution >= 4 is 23.4 Å². The Kier molecular flexibility index (Phi) is 7.06. The Hall–Kier alpha value is -3.81. The summed E-state index contributed by atoms with van der Waals surface area (Å²) in [5.74, 6) is -0.264. The molecule has 0 unspecified atom stereocenters. The van der Waals surface area contributed by atoms with Crippen LogP contribution in [-0.4, -0.2) is 31.4 Å². The molecule has 1 N–H and O–H groups in total. The molecule has 0 aliphatic heterocycles. The number of amides is 1. The van der Waals surface area contributed by atoms with Crippen molar-refractivity contribution in [2.45, 2.75) is 24.1 Å². The first-order valence-corrected chi connectivity index (χ1v) is 11.1. The zero-order chi connectivity index (χ0) is 25.9. The zero-order valence-corrected chi connectivity index (χ0v) is 18.8. The van der Waals surface area contributed by atoms with Gasteiger partial charge in [-0.05, 0) is 42.5 Å². The van der Waals surface area contributed by atoms with Crippen LogP contribution < -0.4 is 5.32 Å². The number of carbonyl (C=O) groups excluding carboxylic acids is 1. The molecular formula is C22H15F6N5O2S. The van der Waals surface area contributed by atoms with Gasteiger partial charge in [-0.2, -0.15) is 26.3 Å². The van der Waals surface area contributed by atoms with Crippen LogP contribution in [0.25, 0.3) is 11.5 Å². The molecule has 0 atom stereocenters. The lowest BCUT2D eigenvalue weighted by Crippen LogP contribution is -2.17. The number of alkyl halides is 6. The van der Waals surface area contributed by atoms with E-state index in [1.54, 1.807) is 41.1 Å². The lowest BCUT2D eigenvalue weighted by Gasteiger charge is -2.14. The number of hydrogen-bond donors (Lipinski definition) is 1. The third-order valence-corrected chi connectivity index (χ3v) is 5.68. The number of anilines is 1. The van der Waals surface area contributed by atoms with Gasteiger partial charge in [0, 0.05) is 11.9 Å². The number of benzene rings is 1. The minimum absolute atomic E-state index is 0.0132. The van der Waals surface area contributed by atoms with Crippen LogP contribution in [0.4, 0.5) is 32.0 Å². The first kappa shape index (κ1) is 25.3. The highest BCUT2D eigenvalue weighted by Gasteiger charge is 2.37. The molecular weight excluding hydrogens is 512 g/mol. The van der Waals surface area contributed by atoms with Crippen molar-refractivity contribution in [1.82, 2.24) is 19.7 Å². The average molecular weight is 527 g/mol. The Morgan fingerprint density at radius 1 is 0.972 bits per heavy atom. The van der Waals surface area contributed by atoms with Crippen LogP contribution in [0.1, 0.15) is 16.9 Å². The molecule has 14 heteroatoms. The van der Waals surface area contributed by atoms with E-state index in [0.29, 0.717) is 29.4 Å². The van der Waals surface area contributed by atoms with Gasteiger partial charge in [0.1, 0.15) is 11.5 Å². The molecule has 0 saturated carbocycles. The summed E-state index contributed by atoms with van der Waals surface area (Å²) in [6.07, 6.45) is -7.02. The molecule has 3 aromatic heterocycles. The van der Waals surface area contributed by atoms with Crippen molar-refractivity contribution in [1.29, 1.82) is 0 Å². The minimum atomic E-state index is -5.03. The Morgan fingerprint density at radius 2 is 1.69 bits per heavy atom. The molecule has 1 amide bonds. The van der Waals surface area contributed by atoms with Crippen molar-refractivity contribution in [2.24, 2.45) is 0 Å². The fourth-order valence-corrected chi connectivity index (χ4v) is 3.87.